The van der Waals surface area contributed by atoms with Crippen LogP contribution in [0.3, 0.4) is 0 Å². The number of fused-ring (bicyclic) bond motifs is 2. The van der Waals surface area contributed by atoms with Crippen molar-refractivity contribution in [3.63, 3.8) is 0 Å². The third-order valence-electron chi connectivity index (χ3n) is 3.53. The van der Waals surface area contributed by atoms with E-state index in [9.17, 15) is 4.79 Å². The maximum absolute atomic E-state index is 12.0. The minimum absolute atomic E-state index is 0.0312. The van der Waals surface area contributed by atoms with E-state index in [1.54, 1.807) is 11.8 Å². The van der Waals surface area contributed by atoms with E-state index in [1.807, 2.05) is 36.4 Å². The number of benzene rings is 2. The van der Waals surface area contributed by atoms with Crippen molar-refractivity contribution in [3.8, 4) is 12.3 Å². The molecule has 0 unspecified atom stereocenters. The maximum atomic E-state index is 12.0. The molecule has 0 bridgehead atoms. The number of carbonyl (C=O) groups excluding carboxylic acids is 1. The molecule has 0 saturated heterocycles. The molecule has 0 spiro atoms. The summed E-state index contributed by atoms with van der Waals surface area (Å²) in [5.74, 6) is 3.18. The van der Waals surface area contributed by atoms with Crippen molar-refractivity contribution in [2.45, 2.75) is 16.7 Å². The number of carbonyl (C=O) groups is 1. The molecule has 0 saturated carbocycles. The molecule has 0 aliphatic carbocycles. The maximum Gasteiger partial charge on any atom is 0.408 e. The number of ether oxygens (including phenoxy) is 1. The average Bonchev–Trinajstić information content (AvgIpc) is 2.71. The Bertz CT molecular complexity index is 688. The van der Waals surface area contributed by atoms with Crippen molar-refractivity contribution in [1.82, 2.24) is 5.32 Å². The lowest BCUT2D eigenvalue weighted by Gasteiger charge is -2.20. The first-order valence-electron chi connectivity index (χ1n) is 6.96. The van der Waals surface area contributed by atoms with Crippen LogP contribution in [0.4, 0.5) is 4.79 Å². The lowest BCUT2D eigenvalue weighted by Crippen LogP contribution is -2.30. The zero-order valence-corrected chi connectivity index (χ0v) is 12.7. The van der Waals surface area contributed by atoms with E-state index in [2.05, 4.69) is 23.4 Å². The molecule has 0 radical (unpaired) electrons. The molecule has 1 N–H and O–H groups in total. The largest absolute Gasteiger partial charge is 0.436 e. The molecule has 1 amide bonds. The highest BCUT2D eigenvalue weighted by Gasteiger charge is 2.25. The molecular weight excluding hydrogens is 294 g/mol. The van der Waals surface area contributed by atoms with E-state index < -0.39 is 6.09 Å². The lowest BCUT2D eigenvalue weighted by molar-refractivity contribution is 0.157. The Morgan fingerprint density at radius 3 is 2.77 bits per heavy atom. The van der Waals surface area contributed by atoms with Gasteiger partial charge in [0, 0.05) is 10.6 Å². The third kappa shape index (κ3) is 2.95. The molecule has 3 rings (SSSR count). The Labute approximate surface area is 134 Å². The van der Waals surface area contributed by atoms with Crippen LogP contribution in [0, 0.1) is 12.3 Å². The van der Waals surface area contributed by atoms with Gasteiger partial charge in [-0.25, -0.2) is 4.79 Å². The van der Waals surface area contributed by atoms with Crippen molar-refractivity contribution in [2.75, 3.05) is 6.61 Å². The SMILES string of the molecule is C#CCOC(=O)N[C@@H]1c2ccccc2CSc2ccccc21. The molecule has 2 aromatic carbocycles. The number of hydrogen-bond acceptors (Lipinski definition) is 3. The fourth-order valence-electron chi connectivity index (χ4n) is 2.54. The van der Waals surface area contributed by atoms with E-state index in [1.165, 1.54) is 10.5 Å². The predicted octanol–water partition coefficient (Wildman–Crippen LogP) is 3.74. The van der Waals surface area contributed by atoms with Crippen LogP contribution in [0.15, 0.2) is 53.4 Å². The van der Waals surface area contributed by atoms with Gasteiger partial charge < -0.3 is 10.1 Å². The number of terminal acetylenes is 1. The van der Waals surface area contributed by atoms with Gasteiger partial charge in [0.25, 0.3) is 0 Å². The van der Waals surface area contributed by atoms with Crippen molar-refractivity contribution in [1.29, 1.82) is 0 Å². The Balaban J connectivity index is 1.99. The van der Waals surface area contributed by atoms with Crippen molar-refractivity contribution in [2.24, 2.45) is 0 Å². The topological polar surface area (TPSA) is 38.3 Å². The molecule has 0 fully saturated rings. The summed E-state index contributed by atoms with van der Waals surface area (Å²) in [5.41, 5.74) is 3.39. The zero-order chi connectivity index (χ0) is 15.4. The summed E-state index contributed by atoms with van der Waals surface area (Å²) in [5, 5.41) is 2.94. The zero-order valence-electron chi connectivity index (χ0n) is 11.9. The first-order chi connectivity index (χ1) is 10.8. The number of thioether (sulfide) groups is 1. The van der Waals surface area contributed by atoms with E-state index in [0.717, 1.165) is 16.9 Å². The smallest absolute Gasteiger partial charge is 0.408 e. The summed E-state index contributed by atoms with van der Waals surface area (Å²) in [4.78, 5) is 13.1. The highest BCUT2D eigenvalue weighted by Crippen LogP contribution is 2.39. The summed E-state index contributed by atoms with van der Waals surface area (Å²) < 4.78 is 4.97. The Hall–Kier alpha value is -2.38. The van der Waals surface area contributed by atoms with Crippen molar-refractivity contribution in [3.05, 3.63) is 65.2 Å². The van der Waals surface area contributed by atoms with Crippen molar-refractivity contribution >= 4 is 17.9 Å². The quantitative estimate of drug-likeness (QED) is 0.859. The molecule has 1 aliphatic heterocycles. The van der Waals surface area contributed by atoms with Gasteiger partial charge in [-0.15, -0.1) is 18.2 Å². The fraction of sp³-hybridized carbons (Fsp3) is 0.167. The minimum Gasteiger partial charge on any atom is -0.436 e. The van der Waals surface area contributed by atoms with Gasteiger partial charge in [0.15, 0.2) is 6.61 Å². The minimum atomic E-state index is -0.501. The van der Waals surface area contributed by atoms with Crippen LogP contribution in [0.25, 0.3) is 0 Å². The Morgan fingerprint density at radius 1 is 1.23 bits per heavy atom. The highest BCUT2D eigenvalue weighted by atomic mass is 32.2. The first kappa shape index (κ1) is 14.6. The Kier molecular flexibility index (Phi) is 4.36. The van der Waals surface area contributed by atoms with E-state index in [-0.39, 0.29) is 12.6 Å². The van der Waals surface area contributed by atoms with Gasteiger partial charge >= 0.3 is 6.09 Å². The van der Waals surface area contributed by atoms with Crippen LogP contribution in [0.2, 0.25) is 0 Å². The number of nitrogens with one attached hydrogen (secondary N) is 1. The molecule has 1 heterocycles. The molecule has 1 atom stereocenters. The highest BCUT2D eigenvalue weighted by molar-refractivity contribution is 7.98. The fourth-order valence-corrected chi connectivity index (χ4v) is 3.64. The standard InChI is InChI=1S/C18H15NO2S/c1-2-11-21-18(20)19-17-14-8-4-3-7-13(14)12-22-16-10-6-5-9-15(16)17/h1,3-10,17H,11-12H2,(H,19,20)/t17-/m1/s1. The molecule has 4 heteroatoms. The molecule has 2 aromatic rings. The number of alkyl carbamates (subject to hydrolysis) is 1. The molecule has 3 nitrogen and oxygen atoms in total. The van der Waals surface area contributed by atoms with E-state index in [4.69, 9.17) is 11.2 Å². The van der Waals surface area contributed by atoms with Gasteiger partial charge in [-0.2, -0.15) is 0 Å². The number of amides is 1. The molecule has 22 heavy (non-hydrogen) atoms. The monoisotopic (exact) mass is 309 g/mol. The molecular formula is C18H15NO2S. The second-order valence-electron chi connectivity index (χ2n) is 4.88. The first-order valence-corrected chi connectivity index (χ1v) is 7.94. The lowest BCUT2D eigenvalue weighted by atomic mass is 9.95. The normalized spacial score (nSPS) is 15.7. The van der Waals surface area contributed by atoms with Gasteiger partial charge in [0.2, 0.25) is 0 Å². The van der Waals surface area contributed by atoms with Gasteiger partial charge in [-0.1, -0.05) is 48.4 Å². The van der Waals surface area contributed by atoms with Gasteiger partial charge in [-0.05, 0) is 22.8 Å². The van der Waals surface area contributed by atoms with Gasteiger partial charge in [0.1, 0.15) is 0 Å². The second-order valence-corrected chi connectivity index (χ2v) is 5.90. The van der Waals surface area contributed by atoms with Crippen LogP contribution >= 0.6 is 11.8 Å². The summed E-state index contributed by atoms with van der Waals surface area (Å²) in [6.45, 7) is -0.0312. The van der Waals surface area contributed by atoms with Gasteiger partial charge in [-0.3, -0.25) is 0 Å². The van der Waals surface area contributed by atoms with Crippen LogP contribution in [-0.4, -0.2) is 12.7 Å². The second kappa shape index (κ2) is 6.59. The van der Waals surface area contributed by atoms with Crippen molar-refractivity contribution < 1.29 is 9.53 Å². The van der Waals surface area contributed by atoms with Crippen LogP contribution in [0.1, 0.15) is 22.7 Å². The molecule has 110 valence electrons. The summed E-state index contributed by atoms with van der Waals surface area (Å²) in [6.07, 6.45) is 4.63. The predicted molar refractivity (Wildman–Crippen MR) is 87.6 cm³/mol. The van der Waals surface area contributed by atoms with E-state index in [0.29, 0.717) is 0 Å². The van der Waals surface area contributed by atoms with Gasteiger partial charge in [0.05, 0.1) is 6.04 Å². The third-order valence-corrected chi connectivity index (χ3v) is 4.67. The van der Waals surface area contributed by atoms with Crippen LogP contribution in [-0.2, 0) is 10.5 Å². The average molecular weight is 309 g/mol. The summed E-state index contributed by atoms with van der Waals surface area (Å²) >= 11 is 1.78. The number of hydrogen-bond donors (Lipinski definition) is 1. The summed E-state index contributed by atoms with van der Waals surface area (Å²) in [7, 11) is 0. The summed E-state index contributed by atoms with van der Waals surface area (Å²) in [6, 6.07) is 16.0. The molecule has 0 aromatic heterocycles. The molecule has 1 aliphatic rings. The van der Waals surface area contributed by atoms with E-state index >= 15 is 0 Å². The van der Waals surface area contributed by atoms with Crippen LogP contribution in [0.5, 0.6) is 0 Å². The van der Waals surface area contributed by atoms with Crippen LogP contribution < -0.4 is 5.32 Å². The number of rotatable bonds is 2. The Morgan fingerprint density at radius 2 is 1.95 bits per heavy atom.